The predicted molar refractivity (Wildman–Crippen MR) is 167 cm³/mol. The molecule has 0 spiro atoms. The molecule has 5 aromatic rings. The highest BCUT2D eigenvalue weighted by Crippen LogP contribution is 2.35. The Hall–Kier alpha value is -4.92. The molecule has 234 valence electrons. The smallest absolute Gasteiger partial charge is 0.316 e. The number of anilines is 1. The Morgan fingerprint density at radius 3 is 2.18 bits per heavy atom. The highest BCUT2D eigenvalue weighted by atomic mass is 35.5. The van der Waals surface area contributed by atoms with Gasteiger partial charge in [0.1, 0.15) is 25.4 Å². The van der Waals surface area contributed by atoms with Gasteiger partial charge < -0.3 is 14.2 Å². The largest absolute Gasteiger partial charge is 0.494 e. The first-order valence-electron chi connectivity index (χ1n) is 13.3. The molecule has 0 fully saturated rings. The molecule has 2 N–H and O–H groups in total. The number of benzene rings is 2. The maximum Gasteiger partial charge on any atom is 0.316 e. The number of halogens is 2. The molecule has 45 heavy (non-hydrogen) atoms. The quantitative estimate of drug-likeness (QED) is 0.176. The van der Waals surface area contributed by atoms with E-state index >= 15 is 0 Å². The van der Waals surface area contributed by atoms with Crippen LogP contribution in [-0.2, 0) is 16.8 Å². The van der Waals surface area contributed by atoms with Crippen LogP contribution in [0.4, 0.5) is 10.2 Å². The van der Waals surface area contributed by atoms with Crippen molar-refractivity contribution in [1.29, 1.82) is 0 Å². The summed E-state index contributed by atoms with van der Waals surface area (Å²) in [6.07, 6.45) is 7.31. The van der Waals surface area contributed by atoms with Crippen molar-refractivity contribution in [2.45, 2.75) is 13.5 Å². The zero-order valence-electron chi connectivity index (χ0n) is 24.2. The molecule has 0 aliphatic carbocycles. The number of ether oxygens (including phenoxy) is 3. The average molecular weight is 654 g/mol. The Morgan fingerprint density at radius 1 is 0.867 bits per heavy atom. The zero-order chi connectivity index (χ0) is 32.1. The van der Waals surface area contributed by atoms with E-state index in [-0.39, 0.29) is 43.3 Å². The lowest BCUT2D eigenvalue weighted by molar-refractivity contribution is 0.201. The minimum atomic E-state index is -4.00. The van der Waals surface area contributed by atoms with E-state index in [1.165, 1.54) is 38.0 Å². The number of nitrogens with zero attached hydrogens (tertiary/aromatic N) is 5. The van der Waals surface area contributed by atoms with E-state index in [9.17, 15) is 12.8 Å². The van der Waals surface area contributed by atoms with Gasteiger partial charge in [-0.2, -0.15) is 23.1 Å². The van der Waals surface area contributed by atoms with Crippen LogP contribution in [0.15, 0.2) is 91.8 Å². The van der Waals surface area contributed by atoms with E-state index in [2.05, 4.69) is 34.4 Å². The molecule has 3 heterocycles. The maximum atomic E-state index is 12.8. The van der Waals surface area contributed by atoms with Crippen LogP contribution in [0.5, 0.6) is 17.6 Å². The molecular formula is C30H29ClFN7O5S. The molecule has 0 saturated carbocycles. The number of hydrogen-bond acceptors (Lipinski definition) is 10. The molecule has 15 heteroatoms. The summed E-state index contributed by atoms with van der Waals surface area (Å²) in [6, 6.07) is 16.7. The third-order valence-electron chi connectivity index (χ3n) is 5.80. The monoisotopic (exact) mass is 653 g/mol. The van der Waals surface area contributed by atoms with Crippen LogP contribution < -0.4 is 23.7 Å². The number of nitrogens with one attached hydrogen (secondary N) is 2. The molecule has 12 nitrogen and oxygen atoms in total. The van der Waals surface area contributed by atoms with Gasteiger partial charge in [0.15, 0.2) is 11.6 Å². The highest BCUT2D eigenvalue weighted by molar-refractivity contribution is 7.90. The fraction of sp³-hybridized carbons (Fsp3) is 0.167. The maximum absolute atomic E-state index is 12.8. The van der Waals surface area contributed by atoms with Crippen LogP contribution in [0, 0.1) is 12.7 Å². The third-order valence-corrected chi connectivity index (χ3v) is 7.03. The van der Waals surface area contributed by atoms with Gasteiger partial charge in [-0.15, -0.1) is 0 Å². The van der Waals surface area contributed by atoms with Gasteiger partial charge in [-0.1, -0.05) is 41.4 Å². The van der Waals surface area contributed by atoms with Crippen molar-refractivity contribution in [3.8, 4) is 28.8 Å². The number of aromatic nitrogens is 5. The zero-order valence-corrected chi connectivity index (χ0v) is 25.8. The van der Waals surface area contributed by atoms with E-state index in [0.29, 0.717) is 21.9 Å². The van der Waals surface area contributed by atoms with E-state index in [0.717, 1.165) is 11.1 Å². The molecule has 0 atom stereocenters. The van der Waals surface area contributed by atoms with Crippen LogP contribution in [-0.4, -0.2) is 53.7 Å². The molecule has 0 amide bonds. The molecule has 0 unspecified atom stereocenters. The summed E-state index contributed by atoms with van der Waals surface area (Å²) < 4.78 is 58.9. The summed E-state index contributed by atoms with van der Waals surface area (Å²) in [5.41, 5.74) is 2.75. The molecule has 2 aromatic carbocycles. The highest BCUT2D eigenvalue weighted by Gasteiger charge is 2.20. The molecule has 0 saturated heterocycles. The summed E-state index contributed by atoms with van der Waals surface area (Å²) in [5, 5.41) is 0.511. The molecule has 0 aliphatic heterocycles. The Kier molecular flexibility index (Phi) is 11.9. The SMILES string of the molecule is COc1cnc(OCCOc2ncnc(NS(=O)(=O)NCc3ccncc3)c2-c2ccc(Cl)cc2)nc1.Cc1ccc(F)cc1. The van der Waals surface area contributed by atoms with Gasteiger partial charge >= 0.3 is 16.2 Å². The number of hydrogen-bond donors (Lipinski definition) is 2. The van der Waals surface area contributed by atoms with Crippen molar-refractivity contribution in [3.05, 3.63) is 114 Å². The molecule has 5 rings (SSSR count). The lowest BCUT2D eigenvalue weighted by Gasteiger charge is -2.16. The normalized spacial score (nSPS) is 10.8. The standard InChI is InChI=1S/C23H22ClN7O5S.C7H7F/c1-34-19-13-26-23(27-14-19)36-11-10-35-22-20(17-2-4-18(24)5-3-17)21(28-15-29-22)31-37(32,33)30-12-16-6-8-25-9-7-16;1-6-2-4-7(8)5-3-6/h2-9,13-15,30H,10-12H2,1H3,(H,28,29,31);2-5H,1H3. The van der Waals surface area contributed by atoms with Gasteiger partial charge in [0.05, 0.1) is 25.1 Å². The van der Waals surface area contributed by atoms with Crippen molar-refractivity contribution >= 4 is 27.6 Å². The molecule has 0 aliphatic rings. The van der Waals surface area contributed by atoms with Crippen molar-refractivity contribution in [1.82, 2.24) is 29.6 Å². The van der Waals surface area contributed by atoms with Crippen LogP contribution in [0.2, 0.25) is 5.02 Å². The Balaban J connectivity index is 0.000000501. The lowest BCUT2D eigenvalue weighted by atomic mass is 10.1. The summed E-state index contributed by atoms with van der Waals surface area (Å²) >= 11 is 6.04. The summed E-state index contributed by atoms with van der Waals surface area (Å²) in [7, 11) is -2.49. The van der Waals surface area contributed by atoms with E-state index in [1.54, 1.807) is 60.9 Å². The van der Waals surface area contributed by atoms with E-state index in [1.807, 2.05) is 6.92 Å². The van der Waals surface area contributed by atoms with Crippen molar-refractivity contribution in [2.24, 2.45) is 0 Å². The number of methoxy groups -OCH3 is 1. The third kappa shape index (κ3) is 10.6. The first-order chi connectivity index (χ1) is 21.7. The number of pyridine rings is 1. The minimum absolute atomic E-state index is 0.0222. The van der Waals surface area contributed by atoms with Crippen molar-refractivity contribution in [3.63, 3.8) is 0 Å². The second kappa shape index (κ2) is 16.2. The van der Waals surface area contributed by atoms with Crippen LogP contribution >= 0.6 is 11.6 Å². The van der Waals surface area contributed by atoms with E-state index < -0.39 is 10.2 Å². The van der Waals surface area contributed by atoms with Gasteiger partial charge in [0.25, 0.3) is 0 Å². The molecule has 3 aromatic heterocycles. The minimum Gasteiger partial charge on any atom is -0.494 e. The number of aryl methyl sites for hydroxylation is 1. The first-order valence-corrected chi connectivity index (χ1v) is 15.2. The van der Waals surface area contributed by atoms with Gasteiger partial charge in [-0.3, -0.25) is 9.71 Å². The number of rotatable bonds is 12. The Labute approximate surface area is 264 Å². The lowest BCUT2D eigenvalue weighted by Crippen LogP contribution is -2.30. The fourth-order valence-corrected chi connectivity index (χ4v) is 4.53. The van der Waals surface area contributed by atoms with Crippen molar-refractivity contribution in [2.75, 3.05) is 25.0 Å². The molecular weight excluding hydrogens is 625 g/mol. The second-order valence-corrected chi connectivity index (χ2v) is 11.0. The van der Waals surface area contributed by atoms with Crippen LogP contribution in [0.25, 0.3) is 11.1 Å². The topological polar surface area (TPSA) is 150 Å². The average Bonchev–Trinajstić information content (AvgIpc) is 3.05. The summed E-state index contributed by atoms with van der Waals surface area (Å²) in [4.78, 5) is 20.3. The Morgan fingerprint density at radius 2 is 1.53 bits per heavy atom. The second-order valence-electron chi connectivity index (χ2n) is 9.09. The van der Waals surface area contributed by atoms with Gasteiger partial charge in [0, 0.05) is 24.0 Å². The van der Waals surface area contributed by atoms with Gasteiger partial charge in [-0.25, -0.2) is 14.4 Å². The van der Waals surface area contributed by atoms with Crippen molar-refractivity contribution < 1.29 is 27.0 Å². The van der Waals surface area contributed by atoms with E-state index in [4.69, 9.17) is 25.8 Å². The summed E-state index contributed by atoms with van der Waals surface area (Å²) in [6.45, 7) is 2.16. The fourth-order valence-electron chi connectivity index (χ4n) is 3.56. The van der Waals surface area contributed by atoms with Crippen LogP contribution in [0.1, 0.15) is 11.1 Å². The molecule has 0 radical (unpaired) electrons. The molecule has 0 bridgehead atoms. The Bertz CT molecular complexity index is 1730. The first kappa shape index (κ1) is 33.0. The summed E-state index contributed by atoms with van der Waals surface area (Å²) in [5.74, 6) is 0.496. The van der Waals surface area contributed by atoms with Crippen LogP contribution in [0.3, 0.4) is 0 Å². The van der Waals surface area contributed by atoms with Gasteiger partial charge in [-0.05, 0) is 54.4 Å². The van der Waals surface area contributed by atoms with Gasteiger partial charge in [0.2, 0.25) is 5.88 Å². The predicted octanol–water partition coefficient (Wildman–Crippen LogP) is 5.03.